The fourth-order valence-electron chi connectivity index (χ4n) is 1.63. The SMILES string of the molecule is O=S1(=O)CC2N=C(C(Cl)(Cl)Cl)NC2C1. The molecule has 0 aromatic rings. The van der Waals surface area contributed by atoms with Gasteiger partial charge in [-0.2, -0.15) is 0 Å². The normalized spacial score (nSPS) is 34.9. The van der Waals surface area contributed by atoms with Crippen molar-refractivity contribution in [2.24, 2.45) is 4.99 Å². The number of sulfone groups is 1. The van der Waals surface area contributed by atoms with Gasteiger partial charge in [-0.25, -0.2) is 8.42 Å². The molecule has 2 aliphatic rings. The van der Waals surface area contributed by atoms with Crippen LogP contribution in [0.15, 0.2) is 4.99 Å². The Labute approximate surface area is 96.5 Å². The molecule has 4 nitrogen and oxygen atoms in total. The average Bonchev–Trinajstić information content (AvgIpc) is 2.37. The summed E-state index contributed by atoms with van der Waals surface area (Å²) in [5.41, 5.74) is 0. The maximum absolute atomic E-state index is 11.2. The summed E-state index contributed by atoms with van der Waals surface area (Å²) in [6.07, 6.45) is 0. The zero-order valence-electron chi connectivity index (χ0n) is 6.87. The Morgan fingerprint density at radius 3 is 2.50 bits per heavy atom. The van der Waals surface area contributed by atoms with Crippen molar-refractivity contribution in [3.05, 3.63) is 0 Å². The van der Waals surface area contributed by atoms with Gasteiger partial charge < -0.3 is 5.32 Å². The van der Waals surface area contributed by atoms with Gasteiger partial charge in [0.1, 0.15) is 5.84 Å². The monoisotopic (exact) mass is 276 g/mol. The van der Waals surface area contributed by atoms with Crippen molar-refractivity contribution in [3.63, 3.8) is 0 Å². The number of nitrogens with zero attached hydrogens (tertiary/aromatic N) is 1. The van der Waals surface area contributed by atoms with E-state index >= 15 is 0 Å². The van der Waals surface area contributed by atoms with Crippen molar-refractivity contribution in [2.45, 2.75) is 15.9 Å². The largest absolute Gasteiger partial charge is 0.364 e. The first-order valence-corrected chi connectivity index (χ1v) is 6.85. The number of hydrogen-bond acceptors (Lipinski definition) is 4. The van der Waals surface area contributed by atoms with Gasteiger partial charge >= 0.3 is 0 Å². The van der Waals surface area contributed by atoms with Crippen molar-refractivity contribution in [2.75, 3.05) is 11.5 Å². The minimum Gasteiger partial charge on any atom is -0.364 e. The average molecular weight is 278 g/mol. The molecule has 0 aliphatic carbocycles. The lowest BCUT2D eigenvalue weighted by molar-refractivity contribution is 0.600. The molecule has 0 saturated carbocycles. The minimum atomic E-state index is -2.97. The van der Waals surface area contributed by atoms with Crippen molar-refractivity contribution in [1.29, 1.82) is 0 Å². The highest BCUT2D eigenvalue weighted by molar-refractivity contribution is 7.91. The number of aliphatic imine (C=N–C) groups is 1. The number of hydrogen-bond donors (Lipinski definition) is 1. The molecule has 14 heavy (non-hydrogen) atoms. The van der Waals surface area contributed by atoms with Gasteiger partial charge in [0.2, 0.25) is 3.79 Å². The molecule has 2 aliphatic heterocycles. The Balaban J connectivity index is 2.20. The predicted molar refractivity (Wildman–Crippen MR) is 57.1 cm³/mol. The first kappa shape index (κ1) is 10.8. The standard InChI is InChI=1S/C6H7Cl3N2O2S/c7-6(8,9)5-10-3-1-14(12,13)2-4(3)11-5/h3-4H,1-2H2,(H,10,11). The van der Waals surface area contributed by atoms with E-state index in [1.54, 1.807) is 0 Å². The summed E-state index contributed by atoms with van der Waals surface area (Å²) in [5, 5.41) is 2.82. The molecule has 2 rings (SSSR count). The van der Waals surface area contributed by atoms with Crippen molar-refractivity contribution >= 4 is 50.5 Å². The Hall–Kier alpha value is 0.290. The second-order valence-electron chi connectivity index (χ2n) is 3.37. The molecule has 8 heteroatoms. The third-order valence-electron chi connectivity index (χ3n) is 2.21. The molecule has 80 valence electrons. The quantitative estimate of drug-likeness (QED) is 0.657. The van der Waals surface area contributed by atoms with E-state index in [9.17, 15) is 8.42 Å². The lowest BCUT2D eigenvalue weighted by Crippen LogP contribution is -2.39. The summed E-state index contributed by atoms with van der Waals surface area (Å²) in [6, 6.07) is -0.531. The lowest BCUT2D eigenvalue weighted by atomic mass is 10.2. The molecular formula is C6H7Cl3N2O2S. The van der Waals surface area contributed by atoms with Crippen LogP contribution in [-0.2, 0) is 9.84 Å². The van der Waals surface area contributed by atoms with Crippen LogP contribution in [0.2, 0.25) is 0 Å². The number of fused-ring (bicyclic) bond motifs is 1. The molecule has 0 bridgehead atoms. The zero-order valence-corrected chi connectivity index (χ0v) is 9.96. The molecule has 2 unspecified atom stereocenters. The van der Waals surface area contributed by atoms with E-state index in [2.05, 4.69) is 10.3 Å². The Morgan fingerprint density at radius 1 is 1.36 bits per heavy atom. The molecule has 1 saturated heterocycles. The Bertz CT molecular complexity index is 386. The van der Waals surface area contributed by atoms with E-state index < -0.39 is 13.6 Å². The van der Waals surface area contributed by atoms with E-state index in [1.165, 1.54) is 0 Å². The molecule has 0 amide bonds. The lowest BCUT2D eigenvalue weighted by Gasteiger charge is -2.13. The summed E-state index contributed by atoms with van der Waals surface area (Å²) < 4.78 is 20.8. The van der Waals surface area contributed by atoms with Gasteiger partial charge in [0, 0.05) is 0 Å². The predicted octanol–water partition coefficient (Wildman–Crippen LogP) is 0.524. The molecule has 1 N–H and O–H groups in total. The third-order valence-corrected chi connectivity index (χ3v) is 4.46. The number of alkyl halides is 3. The third kappa shape index (κ3) is 1.96. The summed E-state index contributed by atoms with van der Waals surface area (Å²) >= 11 is 16.8. The van der Waals surface area contributed by atoms with Gasteiger partial charge in [-0.1, -0.05) is 34.8 Å². The van der Waals surface area contributed by atoms with Crippen LogP contribution < -0.4 is 5.32 Å². The van der Waals surface area contributed by atoms with Crippen LogP contribution in [-0.4, -0.2) is 41.6 Å². The maximum atomic E-state index is 11.2. The minimum absolute atomic E-state index is 0.0366. The van der Waals surface area contributed by atoms with Gasteiger partial charge in [-0.15, -0.1) is 0 Å². The van der Waals surface area contributed by atoms with Gasteiger partial charge in [-0.3, -0.25) is 4.99 Å². The van der Waals surface area contributed by atoms with Gasteiger partial charge in [0.05, 0.1) is 23.6 Å². The second-order valence-corrected chi connectivity index (χ2v) is 7.81. The van der Waals surface area contributed by atoms with Crippen LogP contribution in [0.25, 0.3) is 0 Å². The van der Waals surface area contributed by atoms with Crippen LogP contribution in [0.4, 0.5) is 0 Å². The van der Waals surface area contributed by atoms with Crippen molar-refractivity contribution in [3.8, 4) is 0 Å². The van der Waals surface area contributed by atoms with E-state index in [0.717, 1.165) is 0 Å². The molecule has 0 aromatic heterocycles. The van der Waals surface area contributed by atoms with E-state index in [-0.39, 0.29) is 29.4 Å². The maximum Gasteiger partial charge on any atom is 0.247 e. The topological polar surface area (TPSA) is 58.5 Å². The Morgan fingerprint density at radius 2 is 2.00 bits per heavy atom. The molecule has 0 radical (unpaired) electrons. The Kier molecular flexibility index (Phi) is 2.42. The van der Waals surface area contributed by atoms with E-state index in [4.69, 9.17) is 34.8 Å². The summed E-state index contributed by atoms with van der Waals surface area (Å²) in [7, 11) is -2.97. The number of nitrogens with one attached hydrogen (secondary N) is 1. The van der Waals surface area contributed by atoms with Crippen molar-refractivity contribution in [1.82, 2.24) is 5.32 Å². The molecule has 0 spiro atoms. The summed E-state index contributed by atoms with van der Waals surface area (Å²) in [5.74, 6) is 0.341. The van der Waals surface area contributed by atoms with E-state index in [1.807, 2.05) is 0 Å². The van der Waals surface area contributed by atoms with Gasteiger partial charge in [0.25, 0.3) is 0 Å². The summed E-state index contributed by atoms with van der Waals surface area (Å²) in [6.45, 7) is 0. The van der Waals surface area contributed by atoms with Crippen molar-refractivity contribution < 1.29 is 8.42 Å². The smallest absolute Gasteiger partial charge is 0.247 e. The summed E-state index contributed by atoms with van der Waals surface area (Å²) in [4.78, 5) is 4.05. The highest BCUT2D eigenvalue weighted by Crippen LogP contribution is 2.32. The number of halogens is 3. The van der Waals surface area contributed by atoms with Crippen LogP contribution in [0, 0.1) is 0 Å². The zero-order chi connectivity index (χ0) is 10.6. The highest BCUT2D eigenvalue weighted by atomic mass is 35.6. The first-order valence-electron chi connectivity index (χ1n) is 3.90. The molecule has 1 fully saturated rings. The van der Waals surface area contributed by atoms with Crippen LogP contribution in [0.3, 0.4) is 0 Å². The first-order chi connectivity index (χ1) is 6.28. The molecule has 2 heterocycles. The fraction of sp³-hybridized carbons (Fsp3) is 0.833. The second kappa shape index (κ2) is 3.14. The molecule has 2 atom stereocenters. The number of rotatable bonds is 0. The van der Waals surface area contributed by atoms with Gasteiger partial charge in [-0.05, 0) is 0 Å². The van der Waals surface area contributed by atoms with Gasteiger partial charge in [0.15, 0.2) is 9.84 Å². The molecular weight excluding hydrogens is 271 g/mol. The van der Waals surface area contributed by atoms with E-state index in [0.29, 0.717) is 0 Å². The van der Waals surface area contributed by atoms with Crippen LogP contribution >= 0.6 is 34.8 Å². The fourth-order valence-corrected chi connectivity index (χ4v) is 3.75. The van der Waals surface area contributed by atoms with Crippen LogP contribution in [0.1, 0.15) is 0 Å². The number of amidine groups is 1. The van der Waals surface area contributed by atoms with Crippen LogP contribution in [0.5, 0.6) is 0 Å². The molecule has 0 aromatic carbocycles. The highest BCUT2D eigenvalue weighted by Gasteiger charge is 2.45.